The zero-order valence-electron chi connectivity index (χ0n) is 13.8. The third kappa shape index (κ3) is 10.1. The van der Waals surface area contributed by atoms with Crippen molar-refractivity contribution < 1.29 is 32.2 Å². The van der Waals surface area contributed by atoms with Crippen LogP contribution in [-0.4, -0.2) is 31.9 Å². The van der Waals surface area contributed by atoms with Crippen molar-refractivity contribution in [2.75, 3.05) is 13.7 Å². The summed E-state index contributed by atoms with van der Waals surface area (Å²) < 4.78 is 44.8. The lowest BCUT2D eigenvalue weighted by molar-refractivity contribution is -0.274. The first-order valence-electron chi connectivity index (χ1n) is 7.68. The van der Waals surface area contributed by atoms with Crippen LogP contribution in [0.25, 0.3) is 6.08 Å². The van der Waals surface area contributed by atoms with E-state index in [9.17, 15) is 22.8 Å². The SMILES string of the molecule is COC(=O)CCCCCNC(=O)C=Cc1cccc(OC(F)(F)F)c1. The zero-order valence-corrected chi connectivity index (χ0v) is 13.8. The van der Waals surface area contributed by atoms with E-state index in [1.807, 2.05) is 0 Å². The van der Waals surface area contributed by atoms with Crippen molar-refractivity contribution in [2.45, 2.75) is 32.0 Å². The second kappa shape index (κ2) is 10.4. The molecule has 0 bridgehead atoms. The van der Waals surface area contributed by atoms with Gasteiger partial charge in [0.05, 0.1) is 7.11 Å². The maximum Gasteiger partial charge on any atom is 0.573 e. The predicted molar refractivity (Wildman–Crippen MR) is 85.7 cm³/mol. The highest BCUT2D eigenvalue weighted by molar-refractivity contribution is 5.91. The van der Waals surface area contributed by atoms with E-state index in [4.69, 9.17) is 0 Å². The number of alkyl halides is 3. The minimum Gasteiger partial charge on any atom is -0.469 e. The van der Waals surface area contributed by atoms with Crippen LogP contribution >= 0.6 is 0 Å². The highest BCUT2D eigenvalue weighted by Gasteiger charge is 2.30. The maximum atomic E-state index is 12.1. The molecule has 1 aromatic carbocycles. The van der Waals surface area contributed by atoms with Crippen molar-refractivity contribution >= 4 is 18.0 Å². The maximum absolute atomic E-state index is 12.1. The van der Waals surface area contributed by atoms with Gasteiger partial charge in [0.15, 0.2) is 0 Å². The number of amides is 1. The summed E-state index contributed by atoms with van der Waals surface area (Å²) in [5.74, 6) is -0.959. The smallest absolute Gasteiger partial charge is 0.469 e. The molecule has 0 radical (unpaired) electrons. The number of hydrogen-bond acceptors (Lipinski definition) is 4. The molecular weight excluding hydrogens is 339 g/mol. The highest BCUT2D eigenvalue weighted by Crippen LogP contribution is 2.23. The highest BCUT2D eigenvalue weighted by atomic mass is 19.4. The van der Waals surface area contributed by atoms with Crippen molar-refractivity contribution in [2.24, 2.45) is 0 Å². The molecule has 1 N–H and O–H groups in total. The minimum absolute atomic E-state index is 0.260. The number of methoxy groups -OCH3 is 1. The van der Waals surface area contributed by atoms with E-state index in [0.29, 0.717) is 31.4 Å². The molecule has 0 aliphatic rings. The molecule has 1 rings (SSSR count). The molecule has 0 saturated heterocycles. The molecule has 1 amide bonds. The van der Waals surface area contributed by atoms with Crippen molar-refractivity contribution in [3.63, 3.8) is 0 Å². The quantitative estimate of drug-likeness (QED) is 0.417. The number of benzene rings is 1. The van der Waals surface area contributed by atoms with Crippen LogP contribution in [0.5, 0.6) is 5.75 Å². The molecule has 0 atom stereocenters. The molecule has 1 aromatic rings. The van der Waals surface area contributed by atoms with Crippen LogP contribution < -0.4 is 10.1 Å². The molecule has 0 heterocycles. The van der Waals surface area contributed by atoms with E-state index in [-0.39, 0.29) is 17.6 Å². The predicted octanol–water partition coefficient (Wildman–Crippen LogP) is 3.45. The molecule has 0 spiro atoms. The Morgan fingerprint density at radius 2 is 1.96 bits per heavy atom. The number of halogens is 3. The Hall–Kier alpha value is -2.51. The van der Waals surface area contributed by atoms with Crippen LogP contribution in [0, 0.1) is 0 Å². The van der Waals surface area contributed by atoms with Crippen molar-refractivity contribution in [3.8, 4) is 5.75 Å². The van der Waals surface area contributed by atoms with E-state index >= 15 is 0 Å². The molecule has 0 aliphatic heterocycles. The Morgan fingerprint density at radius 1 is 1.20 bits per heavy atom. The van der Waals surface area contributed by atoms with Crippen LogP contribution in [0.15, 0.2) is 30.3 Å². The number of esters is 1. The van der Waals surface area contributed by atoms with Gasteiger partial charge in [-0.3, -0.25) is 9.59 Å². The first-order chi connectivity index (χ1) is 11.8. The van der Waals surface area contributed by atoms with Gasteiger partial charge in [0.25, 0.3) is 0 Å². The summed E-state index contributed by atoms with van der Waals surface area (Å²) in [6, 6.07) is 5.32. The molecule has 0 aromatic heterocycles. The van der Waals surface area contributed by atoms with Gasteiger partial charge in [-0.25, -0.2) is 0 Å². The van der Waals surface area contributed by atoms with Crippen molar-refractivity contribution in [1.29, 1.82) is 0 Å². The molecule has 25 heavy (non-hydrogen) atoms. The van der Waals surface area contributed by atoms with Crippen LogP contribution in [0.1, 0.15) is 31.2 Å². The monoisotopic (exact) mass is 359 g/mol. The Morgan fingerprint density at radius 3 is 2.64 bits per heavy atom. The van der Waals surface area contributed by atoms with Gasteiger partial charge in [-0.05, 0) is 36.6 Å². The van der Waals surface area contributed by atoms with Gasteiger partial charge < -0.3 is 14.8 Å². The fourth-order valence-corrected chi connectivity index (χ4v) is 1.93. The molecule has 0 aliphatic carbocycles. The minimum atomic E-state index is -4.76. The Balaban J connectivity index is 2.32. The average molecular weight is 359 g/mol. The van der Waals surface area contributed by atoms with E-state index in [0.717, 1.165) is 6.42 Å². The molecule has 0 unspecified atom stereocenters. The largest absolute Gasteiger partial charge is 0.573 e. The van der Waals surface area contributed by atoms with Crippen LogP contribution in [-0.2, 0) is 14.3 Å². The summed E-state index contributed by atoms with van der Waals surface area (Å²) in [4.78, 5) is 22.5. The van der Waals surface area contributed by atoms with Gasteiger partial charge in [0.2, 0.25) is 5.91 Å². The van der Waals surface area contributed by atoms with Gasteiger partial charge in [-0.1, -0.05) is 18.6 Å². The van der Waals surface area contributed by atoms with E-state index in [2.05, 4.69) is 14.8 Å². The Kier molecular flexibility index (Phi) is 8.52. The number of unbranched alkanes of at least 4 members (excludes halogenated alkanes) is 2. The second-order valence-electron chi connectivity index (χ2n) is 5.13. The van der Waals surface area contributed by atoms with Crippen molar-refractivity contribution in [1.82, 2.24) is 5.32 Å². The van der Waals surface area contributed by atoms with Crippen molar-refractivity contribution in [3.05, 3.63) is 35.9 Å². The lowest BCUT2D eigenvalue weighted by atomic mass is 10.2. The topological polar surface area (TPSA) is 64.6 Å². The number of nitrogens with one attached hydrogen (secondary N) is 1. The standard InChI is InChI=1S/C17H20F3NO4/c1-24-16(23)8-3-2-4-11-21-15(22)10-9-13-6-5-7-14(12-13)25-17(18,19)20/h5-7,9-10,12H,2-4,8,11H2,1H3,(H,21,22). The number of ether oxygens (including phenoxy) is 2. The van der Waals surface area contributed by atoms with Gasteiger partial charge in [0, 0.05) is 19.0 Å². The first-order valence-corrected chi connectivity index (χ1v) is 7.68. The fourth-order valence-electron chi connectivity index (χ4n) is 1.93. The normalized spacial score (nSPS) is 11.4. The summed E-state index contributed by atoms with van der Waals surface area (Å²) in [6.07, 6.45) is 0.400. The van der Waals surface area contributed by atoms with E-state index in [1.54, 1.807) is 6.07 Å². The zero-order chi connectivity index (χ0) is 18.7. The summed E-state index contributed by atoms with van der Waals surface area (Å²) >= 11 is 0. The third-order valence-electron chi connectivity index (χ3n) is 3.10. The summed E-state index contributed by atoms with van der Waals surface area (Å²) in [5.41, 5.74) is 0.412. The lowest BCUT2D eigenvalue weighted by Gasteiger charge is -2.08. The summed E-state index contributed by atoms with van der Waals surface area (Å²) in [7, 11) is 1.33. The molecule has 138 valence electrons. The third-order valence-corrected chi connectivity index (χ3v) is 3.10. The fraction of sp³-hybridized carbons (Fsp3) is 0.412. The molecule has 0 saturated carbocycles. The average Bonchev–Trinajstić information content (AvgIpc) is 2.54. The molecule has 8 heteroatoms. The number of carbonyl (C=O) groups is 2. The lowest BCUT2D eigenvalue weighted by Crippen LogP contribution is -2.22. The molecular formula is C17H20F3NO4. The van der Waals surface area contributed by atoms with Crippen LogP contribution in [0.3, 0.4) is 0 Å². The first kappa shape index (κ1) is 20.5. The molecule has 0 fully saturated rings. The summed E-state index contributed by atoms with van der Waals surface area (Å²) in [5, 5.41) is 2.65. The van der Waals surface area contributed by atoms with Gasteiger partial charge >= 0.3 is 12.3 Å². The Bertz CT molecular complexity index is 600. The van der Waals surface area contributed by atoms with Crippen LogP contribution in [0.2, 0.25) is 0 Å². The van der Waals surface area contributed by atoms with E-state index in [1.165, 1.54) is 37.5 Å². The summed E-state index contributed by atoms with van der Waals surface area (Å²) in [6.45, 7) is 0.446. The number of rotatable bonds is 9. The van der Waals surface area contributed by atoms with Gasteiger partial charge in [-0.15, -0.1) is 13.2 Å². The number of hydrogen-bond donors (Lipinski definition) is 1. The van der Waals surface area contributed by atoms with E-state index < -0.39 is 6.36 Å². The second-order valence-corrected chi connectivity index (χ2v) is 5.13. The van der Waals surface area contributed by atoms with Gasteiger partial charge in [0.1, 0.15) is 5.75 Å². The Labute approximate surface area is 143 Å². The molecule has 5 nitrogen and oxygen atoms in total. The number of carbonyl (C=O) groups excluding carboxylic acids is 2. The van der Waals surface area contributed by atoms with Gasteiger partial charge in [-0.2, -0.15) is 0 Å². The van der Waals surface area contributed by atoms with Crippen LogP contribution in [0.4, 0.5) is 13.2 Å².